The fourth-order valence-electron chi connectivity index (χ4n) is 1.94. The van der Waals surface area contributed by atoms with E-state index in [1.54, 1.807) is 6.07 Å². The minimum Gasteiger partial charge on any atom is -0.309 e. The monoisotopic (exact) mass is 315 g/mol. The van der Waals surface area contributed by atoms with Crippen molar-refractivity contribution in [2.75, 3.05) is 0 Å². The summed E-state index contributed by atoms with van der Waals surface area (Å²) >= 11 is 1.38. The second kappa shape index (κ2) is 6.09. The molecule has 2 rings (SSSR count). The molecule has 0 saturated carbocycles. The second-order valence-electron chi connectivity index (χ2n) is 5.04. The molecule has 1 aromatic heterocycles. The first-order chi connectivity index (χ1) is 9.79. The van der Waals surface area contributed by atoms with E-state index in [2.05, 4.69) is 10.2 Å². The summed E-state index contributed by atoms with van der Waals surface area (Å²) in [6.45, 7) is 4.04. The number of alkyl halides is 3. The molecule has 2 aromatic rings. The summed E-state index contributed by atoms with van der Waals surface area (Å²) < 4.78 is 39.8. The predicted octanol–water partition coefficient (Wildman–Crippen LogP) is 4.25. The van der Waals surface area contributed by atoms with Crippen molar-refractivity contribution < 1.29 is 13.2 Å². The summed E-state index contributed by atoms with van der Waals surface area (Å²) in [6, 6.07) is 5.36. The van der Waals surface area contributed by atoms with Crippen molar-refractivity contribution in [1.29, 1.82) is 0 Å². The normalized spacial score (nSPS) is 12.1. The molecule has 114 valence electrons. The van der Waals surface area contributed by atoms with Crippen molar-refractivity contribution in [3.05, 3.63) is 41.2 Å². The number of thioether (sulfide) groups is 1. The molecule has 0 fully saturated rings. The van der Waals surface area contributed by atoms with E-state index in [1.807, 2.05) is 25.5 Å². The Hall–Kier alpha value is -1.50. The Morgan fingerprint density at radius 1 is 1.24 bits per heavy atom. The van der Waals surface area contributed by atoms with Crippen LogP contribution in [0.5, 0.6) is 0 Å². The van der Waals surface area contributed by atoms with Gasteiger partial charge in [0.1, 0.15) is 5.82 Å². The zero-order valence-corrected chi connectivity index (χ0v) is 12.8. The van der Waals surface area contributed by atoms with Crippen LogP contribution in [0.25, 0.3) is 0 Å². The summed E-state index contributed by atoms with van der Waals surface area (Å²) in [5.74, 6) is 1.54. The van der Waals surface area contributed by atoms with Crippen molar-refractivity contribution >= 4 is 11.8 Å². The lowest BCUT2D eigenvalue weighted by molar-refractivity contribution is -0.137. The molecule has 0 aliphatic rings. The first-order valence-corrected chi connectivity index (χ1v) is 7.46. The van der Waals surface area contributed by atoms with E-state index < -0.39 is 11.7 Å². The minimum absolute atomic E-state index is 0.255. The van der Waals surface area contributed by atoms with E-state index in [-0.39, 0.29) is 5.92 Å². The topological polar surface area (TPSA) is 30.7 Å². The zero-order valence-electron chi connectivity index (χ0n) is 12.0. The van der Waals surface area contributed by atoms with E-state index in [9.17, 15) is 13.2 Å². The predicted molar refractivity (Wildman–Crippen MR) is 76.1 cm³/mol. The van der Waals surface area contributed by atoms with Gasteiger partial charge in [-0.25, -0.2) is 0 Å². The molecule has 0 spiro atoms. The van der Waals surface area contributed by atoms with Gasteiger partial charge in [-0.05, 0) is 11.6 Å². The van der Waals surface area contributed by atoms with Gasteiger partial charge < -0.3 is 4.57 Å². The third kappa shape index (κ3) is 3.78. The number of aromatic nitrogens is 3. The first kappa shape index (κ1) is 15.9. The van der Waals surface area contributed by atoms with Gasteiger partial charge in [-0.1, -0.05) is 43.8 Å². The van der Waals surface area contributed by atoms with Crippen LogP contribution in [0.4, 0.5) is 13.2 Å². The van der Waals surface area contributed by atoms with Crippen LogP contribution >= 0.6 is 11.8 Å². The molecule has 0 aliphatic heterocycles. The minimum atomic E-state index is -4.31. The number of rotatable bonds is 4. The van der Waals surface area contributed by atoms with E-state index in [1.165, 1.54) is 23.9 Å². The SMILES string of the molecule is CC(C)c1nnc(SCc2cccc(C(F)(F)F)c2)n1C. The van der Waals surface area contributed by atoms with Crippen LogP contribution in [-0.4, -0.2) is 14.8 Å². The lowest BCUT2D eigenvalue weighted by Gasteiger charge is -2.09. The van der Waals surface area contributed by atoms with Gasteiger partial charge in [-0.3, -0.25) is 0 Å². The molecule has 7 heteroatoms. The molecule has 0 amide bonds. The van der Waals surface area contributed by atoms with E-state index in [0.29, 0.717) is 16.5 Å². The largest absolute Gasteiger partial charge is 0.416 e. The Balaban J connectivity index is 2.10. The lowest BCUT2D eigenvalue weighted by atomic mass is 10.1. The third-order valence-electron chi connectivity index (χ3n) is 3.01. The van der Waals surface area contributed by atoms with Crippen molar-refractivity contribution in [3.63, 3.8) is 0 Å². The second-order valence-corrected chi connectivity index (χ2v) is 5.98. The Morgan fingerprint density at radius 3 is 2.52 bits per heavy atom. The quantitative estimate of drug-likeness (QED) is 0.790. The molecule has 21 heavy (non-hydrogen) atoms. The maximum atomic E-state index is 12.7. The molecule has 0 bridgehead atoms. The maximum absolute atomic E-state index is 12.7. The summed E-state index contributed by atoms with van der Waals surface area (Å²) in [6.07, 6.45) is -4.31. The summed E-state index contributed by atoms with van der Waals surface area (Å²) in [5.41, 5.74) is -0.00893. The summed E-state index contributed by atoms with van der Waals surface area (Å²) in [7, 11) is 1.86. The standard InChI is InChI=1S/C14H16F3N3S/c1-9(2)12-18-19-13(20(12)3)21-8-10-5-4-6-11(7-10)14(15,16)17/h4-7,9H,8H2,1-3H3. The molecule has 1 heterocycles. The van der Waals surface area contributed by atoms with E-state index >= 15 is 0 Å². The number of benzene rings is 1. The highest BCUT2D eigenvalue weighted by Crippen LogP contribution is 2.31. The molecule has 0 unspecified atom stereocenters. The van der Waals surface area contributed by atoms with E-state index in [0.717, 1.165) is 11.9 Å². The van der Waals surface area contributed by atoms with Gasteiger partial charge >= 0.3 is 6.18 Å². The van der Waals surface area contributed by atoms with Crippen molar-refractivity contribution in [3.8, 4) is 0 Å². The average Bonchev–Trinajstić information content (AvgIpc) is 2.77. The number of halogens is 3. The maximum Gasteiger partial charge on any atom is 0.416 e. The molecule has 0 atom stereocenters. The fraction of sp³-hybridized carbons (Fsp3) is 0.429. The molecule has 0 aliphatic carbocycles. The summed E-state index contributed by atoms with van der Waals surface area (Å²) in [4.78, 5) is 0. The smallest absolute Gasteiger partial charge is 0.309 e. The molecule has 0 N–H and O–H groups in total. The van der Waals surface area contributed by atoms with Crippen molar-refractivity contribution in [1.82, 2.24) is 14.8 Å². The Bertz CT molecular complexity index is 620. The Morgan fingerprint density at radius 2 is 1.95 bits per heavy atom. The first-order valence-electron chi connectivity index (χ1n) is 6.47. The number of hydrogen-bond acceptors (Lipinski definition) is 3. The number of hydrogen-bond donors (Lipinski definition) is 0. The molecule has 3 nitrogen and oxygen atoms in total. The van der Waals surface area contributed by atoms with E-state index in [4.69, 9.17) is 0 Å². The molecule has 1 aromatic carbocycles. The lowest BCUT2D eigenvalue weighted by Crippen LogP contribution is -2.05. The number of nitrogens with zero attached hydrogens (tertiary/aromatic N) is 3. The van der Waals surface area contributed by atoms with Crippen LogP contribution in [-0.2, 0) is 19.0 Å². The Labute approximate surface area is 125 Å². The van der Waals surface area contributed by atoms with Crippen molar-refractivity contribution in [2.24, 2.45) is 7.05 Å². The fourth-order valence-corrected chi connectivity index (χ4v) is 2.80. The van der Waals surface area contributed by atoms with Crippen LogP contribution in [0.2, 0.25) is 0 Å². The van der Waals surface area contributed by atoms with Gasteiger partial charge in [0.05, 0.1) is 5.56 Å². The van der Waals surface area contributed by atoms with Crippen LogP contribution in [0.3, 0.4) is 0 Å². The Kier molecular flexibility index (Phi) is 4.61. The van der Waals surface area contributed by atoms with Crippen LogP contribution in [0, 0.1) is 0 Å². The van der Waals surface area contributed by atoms with Crippen LogP contribution in [0.1, 0.15) is 36.7 Å². The van der Waals surface area contributed by atoms with Gasteiger partial charge in [0.15, 0.2) is 5.16 Å². The third-order valence-corrected chi connectivity index (χ3v) is 4.10. The van der Waals surface area contributed by atoms with Crippen LogP contribution in [0.15, 0.2) is 29.4 Å². The highest BCUT2D eigenvalue weighted by atomic mass is 32.2. The molecular formula is C14H16F3N3S. The van der Waals surface area contributed by atoms with Gasteiger partial charge in [0.2, 0.25) is 0 Å². The van der Waals surface area contributed by atoms with Crippen LogP contribution < -0.4 is 0 Å². The van der Waals surface area contributed by atoms with Gasteiger partial charge in [0.25, 0.3) is 0 Å². The van der Waals surface area contributed by atoms with Crippen molar-refractivity contribution in [2.45, 2.75) is 36.9 Å². The summed E-state index contributed by atoms with van der Waals surface area (Å²) in [5, 5.41) is 8.88. The van der Waals surface area contributed by atoms with Gasteiger partial charge in [-0.2, -0.15) is 13.2 Å². The zero-order chi connectivity index (χ0) is 15.6. The average molecular weight is 315 g/mol. The van der Waals surface area contributed by atoms with Gasteiger partial charge in [0, 0.05) is 18.7 Å². The molecule has 0 radical (unpaired) electrons. The van der Waals surface area contributed by atoms with Gasteiger partial charge in [-0.15, -0.1) is 10.2 Å². The highest BCUT2D eigenvalue weighted by Gasteiger charge is 2.30. The molecule has 0 saturated heterocycles. The molecular weight excluding hydrogens is 299 g/mol. The highest BCUT2D eigenvalue weighted by molar-refractivity contribution is 7.98.